The van der Waals surface area contributed by atoms with Gasteiger partial charge in [0.1, 0.15) is 11.3 Å². The monoisotopic (exact) mass is 456 g/mol. The van der Waals surface area contributed by atoms with Gasteiger partial charge in [-0.05, 0) is 52.9 Å². The topological polar surface area (TPSA) is 55.0 Å². The molecule has 0 fully saturated rings. The van der Waals surface area contributed by atoms with Crippen molar-refractivity contribution in [1.82, 2.24) is 9.97 Å². The van der Waals surface area contributed by atoms with Gasteiger partial charge in [-0.15, -0.1) is 0 Å². The number of para-hydroxylation sites is 1. The Morgan fingerprint density at radius 2 is 2.14 bits per heavy atom. The number of aromatic amines is 1. The van der Waals surface area contributed by atoms with E-state index in [1.807, 2.05) is 30.3 Å². The van der Waals surface area contributed by atoms with Crippen LogP contribution < -0.4 is 0 Å². The predicted molar refractivity (Wildman–Crippen MR) is 93.3 cm³/mol. The van der Waals surface area contributed by atoms with Crippen LogP contribution in [0.3, 0.4) is 0 Å². The Bertz CT molecular complexity index is 845. The second-order valence-electron chi connectivity index (χ2n) is 4.40. The normalized spacial score (nSPS) is 10.8. The first-order valence-electron chi connectivity index (χ1n) is 6.12. The third kappa shape index (κ3) is 2.69. The number of halogens is 2. The number of nitrogens with one attached hydrogen (secondary N) is 1. The maximum Gasteiger partial charge on any atom is 0.340 e. The van der Waals surface area contributed by atoms with E-state index in [9.17, 15) is 4.79 Å². The fourth-order valence-electron chi connectivity index (χ4n) is 2.11. The summed E-state index contributed by atoms with van der Waals surface area (Å²) < 4.78 is 6.86. The molecule has 0 radical (unpaired) electrons. The SMILES string of the molecule is COC(=O)c1cccc2[nH]c(-c3cc(Br)ccc3I)nc12. The standard InChI is InChI=1S/C15H10BrIN2O2/c1-21-15(20)9-3-2-4-12-13(9)19-14(18-12)10-7-8(16)5-6-11(10)17/h2-7H,1H3,(H,18,19). The van der Waals surface area contributed by atoms with E-state index in [2.05, 4.69) is 48.5 Å². The third-order valence-electron chi connectivity index (χ3n) is 3.10. The van der Waals surface area contributed by atoms with Crippen molar-refractivity contribution in [2.24, 2.45) is 0 Å². The van der Waals surface area contributed by atoms with Gasteiger partial charge in [-0.3, -0.25) is 0 Å². The minimum absolute atomic E-state index is 0.386. The van der Waals surface area contributed by atoms with Crippen LogP contribution in [0.4, 0.5) is 0 Å². The lowest BCUT2D eigenvalue weighted by molar-refractivity contribution is 0.0603. The number of aromatic nitrogens is 2. The molecule has 106 valence electrons. The molecule has 0 saturated heterocycles. The van der Waals surface area contributed by atoms with Crippen LogP contribution in [0.5, 0.6) is 0 Å². The number of ether oxygens (including phenoxy) is 1. The number of H-pyrrole nitrogens is 1. The number of rotatable bonds is 2. The van der Waals surface area contributed by atoms with Crippen LogP contribution in [-0.2, 0) is 4.74 Å². The summed E-state index contributed by atoms with van der Waals surface area (Å²) in [4.78, 5) is 19.6. The minimum Gasteiger partial charge on any atom is -0.465 e. The molecule has 0 bridgehead atoms. The van der Waals surface area contributed by atoms with Crippen molar-refractivity contribution in [2.45, 2.75) is 0 Å². The van der Waals surface area contributed by atoms with Crippen molar-refractivity contribution in [3.8, 4) is 11.4 Å². The number of imidazole rings is 1. The van der Waals surface area contributed by atoms with Crippen LogP contribution in [0.25, 0.3) is 22.4 Å². The first-order chi connectivity index (χ1) is 10.1. The Balaban J connectivity index is 2.22. The molecule has 21 heavy (non-hydrogen) atoms. The maximum absolute atomic E-state index is 11.8. The molecule has 1 N–H and O–H groups in total. The highest BCUT2D eigenvalue weighted by molar-refractivity contribution is 14.1. The van der Waals surface area contributed by atoms with E-state index >= 15 is 0 Å². The van der Waals surface area contributed by atoms with Gasteiger partial charge in [0.25, 0.3) is 0 Å². The number of carbonyl (C=O) groups excluding carboxylic acids is 1. The molecule has 1 heterocycles. The third-order valence-corrected chi connectivity index (χ3v) is 4.54. The largest absolute Gasteiger partial charge is 0.465 e. The lowest BCUT2D eigenvalue weighted by atomic mass is 10.2. The van der Waals surface area contributed by atoms with Crippen LogP contribution in [0.1, 0.15) is 10.4 Å². The molecule has 4 nitrogen and oxygen atoms in total. The first kappa shape index (κ1) is 14.5. The molecule has 0 unspecified atom stereocenters. The number of fused-ring (bicyclic) bond motifs is 1. The molecule has 0 atom stereocenters. The van der Waals surface area contributed by atoms with Gasteiger partial charge in [-0.25, -0.2) is 9.78 Å². The number of esters is 1. The number of benzene rings is 2. The quantitative estimate of drug-likeness (QED) is 0.459. The zero-order valence-corrected chi connectivity index (χ0v) is 14.7. The Kier molecular flexibility index (Phi) is 3.99. The Morgan fingerprint density at radius 1 is 1.33 bits per heavy atom. The molecule has 0 spiro atoms. The molecule has 1 aromatic heterocycles. The molecule has 0 aliphatic heterocycles. The van der Waals surface area contributed by atoms with Gasteiger partial charge in [-0.1, -0.05) is 22.0 Å². The molecule has 0 saturated carbocycles. The maximum atomic E-state index is 11.8. The van der Waals surface area contributed by atoms with E-state index in [4.69, 9.17) is 4.74 Å². The van der Waals surface area contributed by atoms with Crippen molar-refractivity contribution < 1.29 is 9.53 Å². The molecular formula is C15H10BrIN2O2. The number of nitrogens with zero attached hydrogens (tertiary/aromatic N) is 1. The molecule has 0 amide bonds. The Hall–Kier alpha value is -1.41. The van der Waals surface area contributed by atoms with E-state index in [-0.39, 0.29) is 5.97 Å². The van der Waals surface area contributed by atoms with E-state index in [1.165, 1.54) is 7.11 Å². The Labute approximate surface area is 143 Å². The highest BCUT2D eigenvalue weighted by Gasteiger charge is 2.15. The summed E-state index contributed by atoms with van der Waals surface area (Å²) >= 11 is 5.73. The summed E-state index contributed by atoms with van der Waals surface area (Å²) in [6, 6.07) is 11.4. The van der Waals surface area contributed by atoms with Crippen LogP contribution in [0, 0.1) is 3.57 Å². The second kappa shape index (κ2) is 5.76. The molecule has 2 aromatic carbocycles. The summed E-state index contributed by atoms with van der Waals surface area (Å²) in [7, 11) is 1.37. The Morgan fingerprint density at radius 3 is 2.90 bits per heavy atom. The van der Waals surface area contributed by atoms with Crippen LogP contribution in [0.2, 0.25) is 0 Å². The van der Waals surface area contributed by atoms with E-state index in [1.54, 1.807) is 6.07 Å². The average Bonchev–Trinajstić information content (AvgIpc) is 2.92. The van der Waals surface area contributed by atoms with Gasteiger partial charge >= 0.3 is 5.97 Å². The van der Waals surface area contributed by atoms with Crippen molar-refractivity contribution in [3.05, 3.63) is 50.0 Å². The summed E-state index contributed by atoms with van der Waals surface area (Å²) in [5.74, 6) is 0.342. The highest BCUT2D eigenvalue weighted by atomic mass is 127. The van der Waals surface area contributed by atoms with E-state index in [0.717, 1.165) is 24.9 Å². The summed E-state index contributed by atoms with van der Waals surface area (Å²) in [6.07, 6.45) is 0. The average molecular weight is 457 g/mol. The van der Waals surface area contributed by atoms with Crippen LogP contribution >= 0.6 is 38.5 Å². The van der Waals surface area contributed by atoms with Gasteiger partial charge < -0.3 is 9.72 Å². The summed E-state index contributed by atoms with van der Waals surface area (Å²) in [5.41, 5.74) is 2.87. The molecule has 3 rings (SSSR count). The molecule has 0 aliphatic carbocycles. The lowest BCUT2D eigenvalue weighted by Crippen LogP contribution is -2.01. The second-order valence-corrected chi connectivity index (χ2v) is 6.48. The number of hydrogen-bond donors (Lipinski definition) is 1. The highest BCUT2D eigenvalue weighted by Crippen LogP contribution is 2.29. The van der Waals surface area contributed by atoms with Crippen molar-refractivity contribution in [1.29, 1.82) is 0 Å². The van der Waals surface area contributed by atoms with Crippen LogP contribution in [-0.4, -0.2) is 23.0 Å². The van der Waals surface area contributed by atoms with Crippen LogP contribution in [0.15, 0.2) is 40.9 Å². The zero-order chi connectivity index (χ0) is 15.0. The van der Waals surface area contributed by atoms with Gasteiger partial charge in [0, 0.05) is 13.6 Å². The zero-order valence-electron chi connectivity index (χ0n) is 11.0. The van der Waals surface area contributed by atoms with Crippen molar-refractivity contribution >= 4 is 55.5 Å². The summed E-state index contributed by atoms with van der Waals surface area (Å²) in [5, 5.41) is 0. The first-order valence-corrected chi connectivity index (χ1v) is 8.00. The van der Waals surface area contributed by atoms with E-state index in [0.29, 0.717) is 11.1 Å². The number of hydrogen-bond acceptors (Lipinski definition) is 3. The van der Waals surface area contributed by atoms with Crippen molar-refractivity contribution in [2.75, 3.05) is 7.11 Å². The number of carbonyl (C=O) groups is 1. The lowest BCUT2D eigenvalue weighted by Gasteiger charge is -2.01. The molecule has 6 heteroatoms. The molecule has 3 aromatic rings. The predicted octanol–water partition coefficient (Wildman–Crippen LogP) is 4.38. The fourth-order valence-corrected chi connectivity index (χ4v) is 3.07. The van der Waals surface area contributed by atoms with Gasteiger partial charge in [0.2, 0.25) is 0 Å². The fraction of sp³-hybridized carbons (Fsp3) is 0.0667. The summed E-state index contributed by atoms with van der Waals surface area (Å²) in [6.45, 7) is 0. The van der Waals surface area contributed by atoms with Gasteiger partial charge in [0.15, 0.2) is 0 Å². The number of methoxy groups -OCH3 is 1. The van der Waals surface area contributed by atoms with Gasteiger partial charge in [-0.2, -0.15) is 0 Å². The van der Waals surface area contributed by atoms with Crippen molar-refractivity contribution in [3.63, 3.8) is 0 Å². The molecule has 0 aliphatic rings. The smallest absolute Gasteiger partial charge is 0.340 e. The minimum atomic E-state index is -0.386. The van der Waals surface area contributed by atoms with Gasteiger partial charge in [0.05, 0.1) is 18.2 Å². The molecular weight excluding hydrogens is 447 g/mol. The van der Waals surface area contributed by atoms with E-state index < -0.39 is 0 Å².